The number of amides is 3. The largest absolute Gasteiger partial charge is 0.325 e. The van der Waals surface area contributed by atoms with E-state index in [4.69, 9.17) is 11.6 Å². The van der Waals surface area contributed by atoms with E-state index >= 15 is 0 Å². The molecule has 3 N–H and O–H groups in total. The number of hydrogen-bond donors (Lipinski definition) is 3. The minimum absolute atomic E-state index is 0.272. The van der Waals surface area contributed by atoms with Gasteiger partial charge in [-0.3, -0.25) is 10.1 Å². The van der Waals surface area contributed by atoms with Crippen LogP contribution in [0.25, 0.3) is 0 Å². The molecule has 1 heterocycles. The normalized spacial score (nSPS) is 10.4. The van der Waals surface area contributed by atoms with Crippen LogP contribution in [0, 0.1) is 13.8 Å². The fraction of sp³-hybridized carbons (Fsp3) is 0.105. The molecule has 0 saturated heterocycles. The highest BCUT2D eigenvalue weighted by Crippen LogP contribution is 2.26. The molecule has 2 aromatic carbocycles. The topological polar surface area (TPSA) is 83.1 Å². The molecule has 3 amide bonds. The highest BCUT2D eigenvalue weighted by molar-refractivity contribution is 9.10. The fourth-order valence-electron chi connectivity index (χ4n) is 2.40. The number of rotatable bonds is 4. The zero-order valence-corrected chi connectivity index (χ0v) is 18.1. The van der Waals surface area contributed by atoms with Crippen LogP contribution in [-0.4, -0.2) is 16.9 Å². The van der Waals surface area contributed by atoms with Gasteiger partial charge in [0.2, 0.25) is 0 Å². The lowest BCUT2D eigenvalue weighted by Gasteiger charge is -2.08. The van der Waals surface area contributed by atoms with Crippen molar-refractivity contribution < 1.29 is 9.59 Å². The van der Waals surface area contributed by atoms with Gasteiger partial charge in [-0.1, -0.05) is 38.9 Å². The molecular formula is C19H16BrClN4O2S. The number of carbonyl (C=O) groups is 2. The Hall–Kier alpha value is -2.42. The first-order valence-electron chi connectivity index (χ1n) is 8.20. The summed E-state index contributed by atoms with van der Waals surface area (Å²) in [6.07, 6.45) is 0. The zero-order valence-electron chi connectivity index (χ0n) is 15.0. The average Bonchev–Trinajstić information content (AvgIpc) is 2.99. The zero-order chi connectivity index (χ0) is 20.3. The number of nitrogens with one attached hydrogen (secondary N) is 3. The number of anilines is 3. The Balaban J connectivity index is 1.67. The Bertz CT molecular complexity index is 1040. The first-order chi connectivity index (χ1) is 13.3. The third kappa shape index (κ3) is 5.09. The maximum atomic E-state index is 12.6. The van der Waals surface area contributed by atoms with Crippen LogP contribution in [-0.2, 0) is 0 Å². The Labute approximate surface area is 179 Å². The van der Waals surface area contributed by atoms with Crippen molar-refractivity contribution in [3.63, 3.8) is 0 Å². The summed E-state index contributed by atoms with van der Waals surface area (Å²) >= 11 is 10.3. The Morgan fingerprint density at radius 3 is 2.43 bits per heavy atom. The smallest absolute Gasteiger partial charge is 0.321 e. The second kappa shape index (κ2) is 8.72. The fourth-order valence-corrected chi connectivity index (χ4v) is 3.86. The lowest BCUT2D eigenvalue weighted by molar-refractivity contribution is 0.102. The molecule has 0 bridgehead atoms. The van der Waals surface area contributed by atoms with Gasteiger partial charge in [0.05, 0.1) is 5.69 Å². The number of carbonyl (C=O) groups excluding carboxylic acids is 2. The molecule has 3 aromatic rings. The molecule has 0 aliphatic carbocycles. The summed E-state index contributed by atoms with van der Waals surface area (Å²) in [7, 11) is 0. The van der Waals surface area contributed by atoms with Crippen molar-refractivity contribution in [2.24, 2.45) is 0 Å². The van der Waals surface area contributed by atoms with Gasteiger partial charge in [-0.15, -0.1) is 0 Å². The average molecular weight is 480 g/mol. The van der Waals surface area contributed by atoms with Crippen LogP contribution < -0.4 is 16.0 Å². The summed E-state index contributed by atoms with van der Waals surface area (Å²) < 4.78 is 0.940. The van der Waals surface area contributed by atoms with Gasteiger partial charge >= 0.3 is 6.03 Å². The standard InChI is InChI=1S/C19H16BrClN4O2S/c1-10-9-12(20)3-8-15(10)24-17(26)16-11(2)22-19(28-16)25-18(27)23-14-6-4-13(21)5-7-14/h3-9H,1-2H3,(H,24,26)(H2,22,23,25,27). The van der Waals surface area contributed by atoms with E-state index in [1.165, 1.54) is 0 Å². The number of halogens is 2. The maximum Gasteiger partial charge on any atom is 0.325 e. The molecule has 0 aliphatic heterocycles. The minimum atomic E-state index is -0.452. The van der Waals surface area contributed by atoms with Crippen LogP contribution in [0.1, 0.15) is 20.9 Å². The number of benzene rings is 2. The first-order valence-corrected chi connectivity index (χ1v) is 10.2. The van der Waals surface area contributed by atoms with Crippen LogP contribution in [0.4, 0.5) is 21.3 Å². The summed E-state index contributed by atoms with van der Waals surface area (Å²) in [5.41, 5.74) is 2.79. The number of aryl methyl sites for hydroxylation is 2. The molecule has 0 unspecified atom stereocenters. The van der Waals surface area contributed by atoms with Crippen LogP contribution in [0.5, 0.6) is 0 Å². The van der Waals surface area contributed by atoms with Gasteiger partial charge in [-0.2, -0.15) is 0 Å². The maximum absolute atomic E-state index is 12.6. The lowest BCUT2D eigenvalue weighted by atomic mass is 10.2. The Kier molecular flexibility index (Phi) is 6.33. The van der Waals surface area contributed by atoms with E-state index in [0.717, 1.165) is 27.1 Å². The number of urea groups is 1. The monoisotopic (exact) mass is 478 g/mol. The Morgan fingerprint density at radius 2 is 1.75 bits per heavy atom. The number of nitrogens with zero attached hydrogens (tertiary/aromatic N) is 1. The number of thiazole rings is 1. The summed E-state index contributed by atoms with van der Waals surface area (Å²) in [6, 6.07) is 11.9. The van der Waals surface area contributed by atoms with Crippen molar-refractivity contribution >= 4 is 67.3 Å². The van der Waals surface area contributed by atoms with Gasteiger partial charge in [0.15, 0.2) is 5.13 Å². The van der Waals surface area contributed by atoms with E-state index in [1.54, 1.807) is 31.2 Å². The first kappa shape index (κ1) is 20.3. The van der Waals surface area contributed by atoms with Gasteiger partial charge < -0.3 is 10.6 Å². The van der Waals surface area contributed by atoms with E-state index in [9.17, 15) is 9.59 Å². The third-order valence-electron chi connectivity index (χ3n) is 3.76. The molecule has 0 saturated carbocycles. The van der Waals surface area contributed by atoms with E-state index in [0.29, 0.717) is 26.4 Å². The van der Waals surface area contributed by atoms with E-state index in [2.05, 4.69) is 36.9 Å². The molecular weight excluding hydrogens is 464 g/mol. The van der Waals surface area contributed by atoms with Crippen molar-refractivity contribution in [1.29, 1.82) is 0 Å². The quantitative estimate of drug-likeness (QED) is 0.424. The van der Waals surface area contributed by atoms with Crippen LogP contribution >= 0.6 is 38.9 Å². The second-order valence-corrected chi connectivity index (χ2v) is 8.28. The summed E-state index contributed by atoms with van der Waals surface area (Å²) in [5, 5.41) is 9.12. The van der Waals surface area contributed by atoms with Crippen LogP contribution in [0.3, 0.4) is 0 Å². The van der Waals surface area contributed by atoms with Gasteiger partial charge in [-0.25, -0.2) is 9.78 Å². The van der Waals surface area contributed by atoms with E-state index in [-0.39, 0.29) is 5.91 Å². The SMILES string of the molecule is Cc1cc(Br)ccc1NC(=O)c1sc(NC(=O)Nc2ccc(Cl)cc2)nc1C. The highest BCUT2D eigenvalue weighted by atomic mass is 79.9. The summed E-state index contributed by atoms with van der Waals surface area (Å²) in [4.78, 5) is 29.4. The summed E-state index contributed by atoms with van der Waals surface area (Å²) in [5.74, 6) is -0.272. The molecule has 144 valence electrons. The molecule has 3 rings (SSSR count). The molecule has 6 nitrogen and oxygen atoms in total. The Morgan fingerprint density at radius 1 is 1.04 bits per heavy atom. The van der Waals surface area contributed by atoms with Gasteiger partial charge in [-0.05, 0) is 61.9 Å². The predicted octanol–water partition coefficient (Wildman–Crippen LogP) is 6.07. The number of aromatic nitrogens is 1. The van der Waals surface area contributed by atoms with Crippen LogP contribution in [0.2, 0.25) is 5.02 Å². The van der Waals surface area contributed by atoms with E-state index in [1.807, 2.05) is 25.1 Å². The summed E-state index contributed by atoms with van der Waals surface area (Å²) in [6.45, 7) is 3.64. The molecule has 0 spiro atoms. The highest BCUT2D eigenvalue weighted by Gasteiger charge is 2.17. The number of hydrogen-bond acceptors (Lipinski definition) is 4. The minimum Gasteiger partial charge on any atom is -0.321 e. The molecule has 0 fully saturated rings. The molecule has 0 aliphatic rings. The van der Waals surface area contributed by atoms with Gasteiger partial charge in [0.25, 0.3) is 5.91 Å². The predicted molar refractivity (Wildman–Crippen MR) is 118 cm³/mol. The molecule has 0 radical (unpaired) electrons. The van der Waals surface area contributed by atoms with Crippen LogP contribution in [0.15, 0.2) is 46.9 Å². The van der Waals surface area contributed by atoms with E-state index < -0.39 is 6.03 Å². The van der Waals surface area contributed by atoms with Crippen molar-refractivity contribution in [1.82, 2.24) is 4.98 Å². The lowest BCUT2D eigenvalue weighted by Crippen LogP contribution is -2.19. The van der Waals surface area contributed by atoms with Crippen molar-refractivity contribution in [3.05, 3.63) is 68.1 Å². The molecule has 28 heavy (non-hydrogen) atoms. The van der Waals surface area contributed by atoms with Gasteiger partial charge in [0.1, 0.15) is 4.88 Å². The van der Waals surface area contributed by atoms with Crippen molar-refractivity contribution in [2.75, 3.05) is 16.0 Å². The third-order valence-corrected chi connectivity index (χ3v) is 5.58. The van der Waals surface area contributed by atoms with Crippen molar-refractivity contribution in [2.45, 2.75) is 13.8 Å². The molecule has 9 heteroatoms. The molecule has 0 atom stereocenters. The van der Waals surface area contributed by atoms with Gasteiger partial charge in [0, 0.05) is 20.9 Å². The molecule has 1 aromatic heterocycles. The van der Waals surface area contributed by atoms with Crippen molar-refractivity contribution in [3.8, 4) is 0 Å². The second-order valence-electron chi connectivity index (χ2n) is 5.93.